The van der Waals surface area contributed by atoms with Crippen LogP contribution in [0.25, 0.3) is 11.3 Å². The number of anilines is 1. The Balaban J connectivity index is 2.67. The number of halogens is 3. The lowest BCUT2D eigenvalue weighted by Crippen LogP contribution is -2.08. The summed E-state index contributed by atoms with van der Waals surface area (Å²) in [7, 11) is 0. The summed E-state index contributed by atoms with van der Waals surface area (Å²) in [6.07, 6.45) is -4.45. The van der Waals surface area contributed by atoms with Crippen molar-refractivity contribution in [3.05, 3.63) is 35.4 Å². The van der Waals surface area contributed by atoms with Gasteiger partial charge in [0.15, 0.2) is 0 Å². The van der Waals surface area contributed by atoms with Crippen LogP contribution < -0.4 is 5.73 Å². The normalized spacial score (nSPS) is 12.1. The molecule has 102 valence electrons. The summed E-state index contributed by atoms with van der Waals surface area (Å²) in [6, 6.07) is 5.25. The third kappa shape index (κ3) is 2.43. The summed E-state index contributed by atoms with van der Waals surface area (Å²) in [4.78, 5) is 0. The van der Waals surface area contributed by atoms with E-state index in [-0.39, 0.29) is 23.1 Å². The Morgan fingerprint density at radius 1 is 1.21 bits per heavy atom. The van der Waals surface area contributed by atoms with Gasteiger partial charge in [0.1, 0.15) is 5.69 Å². The van der Waals surface area contributed by atoms with Crippen LogP contribution in [-0.4, -0.2) is 5.16 Å². The van der Waals surface area contributed by atoms with E-state index in [9.17, 15) is 13.2 Å². The Labute approximate surface area is 108 Å². The highest BCUT2D eigenvalue weighted by molar-refractivity contribution is 5.71. The summed E-state index contributed by atoms with van der Waals surface area (Å²) >= 11 is 0. The van der Waals surface area contributed by atoms with Crippen LogP contribution in [0.1, 0.15) is 30.9 Å². The van der Waals surface area contributed by atoms with Gasteiger partial charge in [0.25, 0.3) is 0 Å². The molecule has 0 atom stereocenters. The van der Waals surface area contributed by atoms with Crippen LogP contribution >= 0.6 is 0 Å². The van der Waals surface area contributed by atoms with Crippen molar-refractivity contribution in [3.63, 3.8) is 0 Å². The molecule has 19 heavy (non-hydrogen) atoms. The molecule has 6 heteroatoms. The number of nitrogen functional groups attached to an aromatic ring is 1. The maximum Gasteiger partial charge on any atom is 0.417 e. The Morgan fingerprint density at radius 3 is 2.42 bits per heavy atom. The summed E-state index contributed by atoms with van der Waals surface area (Å²) in [5.41, 5.74) is 5.52. The molecule has 2 rings (SSSR count). The Bertz CT molecular complexity index is 588. The Morgan fingerprint density at radius 2 is 1.84 bits per heavy atom. The van der Waals surface area contributed by atoms with Gasteiger partial charge >= 0.3 is 6.18 Å². The monoisotopic (exact) mass is 270 g/mol. The maximum atomic E-state index is 13.0. The first-order valence-corrected chi connectivity index (χ1v) is 5.74. The number of alkyl halides is 3. The largest absolute Gasteiger partial charge is 0.417 e. The first kappa shape index (κ1) is 13.5. The topological polar surface area (TPSA) is 52.0 Å². The van der Waals surface area contributed by atoms with Crippen LogP contribution in [-0.2, 0) is 6.18 Å². The maximum absolute atomic E-state index is 13.0. The molecular formula is C13H13F3N2O. The van der Waals surface area contributed by atoms with Crippen molar-refractivity contribution in [1.29, 1.82) is 0 Å². The predicted octanol–water partition coefficient (Wildman–Crippen LogP) is 4.07. The van der Waals surface area contributed by atoms with E-state index in [0.717, 1.165) is 6.07 Å². The van der Waals surface area contributed by atoms with E-state index in [2.05, 4.69) is 5.16 Å². The molecule has 0 fully saturated rings. The zero-order chi connectivity index (χ0) is 14.2. The smallest absolute Gasteiger partial charge is 0.367 e. The van der Waals surface area contributed by atoms with E-state index >= 15 is 0 Å². The minimum Gasteiger partial charge on any atom is -0.367 e. The van der Waals surface area contributed by atoms with Gasteiger partial charge in [0.2, 0.25) is 5.88 Å². The molecule has 0 aliphatic heterocycles. The highest BCUT2D eigenvalue weighted by atomic mass is 19.4. The van der Waals surface area contributed by atoms with Gasteiger partial charge in [-0.25, -0.2) is 0 Å². The lowest BCUT2D eigenvalue weighted by molar-refractivity contribution is -0.137. The van der Waals surface area contributed by atoms with E-state index in [1.165, 1.54) is 18.2 Å². The minimum atomic E-state index is -4.45. The first-order chi connectivity index (χ1) is 8.82. The summed E-state index contributed by atoms with van der Waals surface area (Å²) in [5, 5.41) is 3.68. The van der Waals surface area contributed by atoms with Gasteiger partial charge in [-0.1, -0.05) is 37.2 Å². The fraction of sp³-hybridized carbons (Fsp3) is 0.308. The van der Waals surface area contributed by atoms with Gasteiger partial charge < -0.3 is 10.3 Å². The van der Waals surface area contributed by atoms with Crippen molar-refractivity contribution in [2.45, 2.75) is 25.9 Å². The molecule has 2 aromatic rings. The number of aromatic nitrogens is 1. The fourth-order valence-electron chi connectivity index (χ4n) is 2.00. The summed E-state index contributed by atoms with van der Waals surface area (Å²) in [5.74, 6) is -0.0236. The molecule has 1 heterocycles. The number of benzene rings is 1. The second-order valence-electron chi connectivity index (χ2n) is 4.51. The number of hydrogen-bond donors (Lipinski definition) is 1. The lowest BCUT2D eigenvalue weighted by Gasteiger charge is -2.12. The second-order valence-corrected chi connectivity index (χ2v) is 4.51. The van der Waals surface area contributed by atoms with Crippen molar-refractivity contribution in [3.8, 4) is 11.3 Å². The van der Waals surface area contributed by atoms with Crippen molar-refractivity contribution in [2.75, 3.05) is 5.73 Å². The number of nitrogens with two attached hydrogens (primary N) is 1. The zero-order valence-electron chi connectivity index (χ0n) is 10.5. The molecule has 3 nitrogen and oxygen atoms in total. The number of nitrogens with zero attached hydrogens (tertiary/aromatic N) is 1. The van der Waals surface area contributed by atoms with Crippen molar-refractivity contribution < 1.29 is 17.7 Å². The van der Waals surface area contributed by atoms with E-state index < -0.39 is 11.7 Å². The average Bonchev–Trinajstić information content (AvgIpc) is 2.70. The van der Waals surface area contributed by atoms with Gasteiger partial charge in [-0.2, -0.15) is 13.2 Å². The molecule has 0 radical (unpaired) electrons. The van der Waals surface area contributed by atoms with Crippen LogP contribution in [0.2, 0.25) is 0 Å². The fourth-order valence-corrected chi connectivity index (χ4v) is 2.00. The first-order valence-electron chi connectivity index (χ1n) is 5.74. The molecule has 0 bridgehead atoms. The van der Waals surface area contributed by atoms with Gasteiger partial charge in [-0.15, -0.1) is 0 Å². The van der Waals surface area contributed by atoms with Crippen LogP contribution in [0.3, 0.4) is 0 Å². The highest BCUT2D eigenvalue weighted by Crippen LogP contribution is 2.40. The average molecular weight is 270 g/mol. The van der Waals surface area contributed by atoms with Crippen molar-refractivity contribution in [2.24, 2.45) is 0 Å². The molecule has 1 aromatic carbocycles. The van der Waals surface area contributed by atoms with Crippen LogP contribution in [0.15, 0.2) is 28.8 Å². The van der Waals surface area contributed by atoms with Crippen LogP contribution in [0.5, 0.6) is 0 Å². The molecule has 2 N–H and O–H groups in total. The van der Waals surface area contributed by atoms with E-state index in [4.69, 9.17) is 10.3 Å². The molecule has 0 aliphatic rings. The van der Waals surface area contributed by atoms with Crippen LogP contribution in [0, 0.1) is 0 Å². The van der Waals surface area contributed by atoms with E-state index in [1.807, 2.05) is 13.8 Å². The summed E-state index contributed by atoms with van der Waals surface area (Å²) in [6.45, 7) is 3.64. The van der Waals surface area contributed by atoms with Gasteiger partial charge in [-0.3, -0.25) is 0 Å². The highest BCUT2D eigenvalue weighted by Gasteiger charge is 2.35. The van der Waals surface area contributed by atoms with Crippen molar-refractivity contribution >= 4 is 5.88 Å². The Kier molecular flexibility index (Phi) is 3.26. The third-order valence-electron chi connectivity index (χ3n) is 2.82. The molecule has 0 aliphatic carbocycles. The quantitative estimate of drug-likeness (QED) is 0.895. The standard InChI is InChI=1S/C13H13F3N2O/c1-7(2)10-11(18-19-12(10)17)8-5-3-4-6-9(8)13(14,15)16/h3-7H,17H2,1-2H3. The molecule has 1 aromatic heterocycles. The molecule has 0 saturated carbocycles. The molecule has 0 saturated heterocycles. The van der Waals surface area contributed by atoms with E-state index in [1.54, 1.807) is 0 Å². The molecular weight excluding hydrogens is 257 g/mol. The van der Waals surface area contributed by atoms with Crippen LogP contribution in [0.4, 0.5) is 19.1 Å². The third-order valence-corrected chi connectivity index (χ3v) is 2.82. The zero-order valence-corrected chi connectivity index (χ0v) is 10.5. The van der Waals surface area contributed by atoms with Gasteiger partial charge in [0.05, 0.1) is 5.56 Å². The Hall–Kier alpha value is -1.98. The predicted molar refractivity (Wildman–Crippen MR) is 65.4 cm³/mol. The van der Waals surface area contributed by atoms with E-state index in [0.29, 0.717) is 5.56 Å². The molecule has 0 spiro atoms. The molecule has 0 amide bonds. The van der Waals surface area contributed by atoms with Crippen molar-refractivity contribution in [1.82, 2.24) is 5.16 Å². The number of hydrogen-bond acceptors (Lipinski definition) is 3. The van der Waals surface area contributed by atoms with Gasteiger partial charge in [0, 0.05) is 11.1 Å². The SMILES string of the molecule is CC(C)c1c(-c2ccccc2C(F)(F)F)noc1N. The summed E-state index contributed by atoms with van der Waals surface area (Å²) < 4.78 is 43.8. The number of rotatable bonds is 2. The molecule has 0 unspecified atom stereocenters. The lowest BCUT2D eigenvalue weighted by atomic mass is 9.95. The minimum absolute atomic E-state index is 0.0147. The van der Waals surface area contributed by atoms with Gasteiger partial charge in [-0.05, 0) is 12.0 Å². The second kappa shape index (κ2) is 4.60.